The third-order valence-electron chi connectivity index (χ3n) is 10.1. The maximum Gasteiger partial charge on any atom is 0.164 e. The van der Waals surface area contributed by atoms with Crippen molar-refractivity contribution in [2.75, 3.05) is 0 Å². The number of fused-ring (bicyclic) bond motifs is 6. The molecule has 10 rings (SSSR count). The molecule has 1 heterocycles. The number of benzene rings is 9. The maximum absolute atomic E-state index is 5.15. The predicted molar refractivity (Wildman–Crippen MR) is 217 cm³/mol. The highest BCUT2D eigenvalue weighted by molar-refractivity contribution is 6.23. The largest absolute Gasteiger partial charge is 0.208 e. The Labute approximate surface area is 301 Å². The summed E-state index contributed by atoms with van der Waals surface area (Å²) in [6.45, 7) is 0. The molecule has 0 aliphatic carbocycles. The molecule has 0 aliphatic rings. The molecule has 0 aliphatic heterocycles. The third kappa shape index (κ3) is 5.28. The van der Waals surface area contributed by atoms with Crippen LogP contribution in [0.4, 0.5) is 0 Å². The van der Waals surface area contributed by atoms with E-state index < -0.39 is 0 Å². The van der Waals surface area contributed by atoms with Crippen LogP contribution >= 0.6 is 0 Å². The minimum Gasteiger partial charge on any atom is -0.208 e. The van der Waals surface area contributed by atoms with Gasteiger partial charge < -0.3 is 0 Å². The first kappa shape index (κ1) is 29.9. The zero-order valence-electron chi connectivity index (χ0n) is 28.2. The van der Waals surface area contributed by atoms with Gasteiger partial charge in [0.1, 0.15) is 0 Å². The standard InChI is InChI=1S/C49H31N3/c1-3-12-32(13-4-1)35-22-23-37-29-41(25-24-36(37)28-35)49-51-47(34-15-5-2-6-16-34)50-48(52-49)40-19-11-18-38(30-40)45-31-39-17-8-9-20-42(39)44-27-26-33-14-7-10-21-43(33)46(44)45/h1-31H. The van der Waals surface area contributed by atoms with E-state index in [1.807, 2.05) is 24.3 Å². The van der Waals surface area contributed by atoms with E-state index in [1.54, 1.807) is 0 Å². The Morgan fingerprint density at radius 2 is 0.769 bits per heavy atom. The molecule has 1 aromatic heterocycles. The average molecular weight is 662 g/mol. The Morgan fingerprint density at radius 1 is 0.250 bits per heavy atom. The van der Waals surface area contributed by atoms with Crippen molar-refractivity contribution < 1.29 is 0 Å². The molecule has 0 saturated carbocycles. The molecule has 0 amide bonds. The van der Waals surface area contributed by atoms with E-state index in [0.29, 0.717) is 17.5 Å². The lowest BCUT2D eigenvalue weighted by atomic mass is 9.89. The summed E-state index contributed by atoms with van der Waals surface area (Å²) >= 11 is 0. The van der Waals surface area contributed by atoms with Gasteiger partial charge in [-0.15, -0.1) is 0 Å². The van der Waals surface area contributed by atoms with Crippen LogP contribution in [0.3, 0.4) is 0 Å². The highest BCUT2D eigenvalue weighted by atomic mass is 15.0. The van der Waals surface area contributed by atoms with Crippen LogP contribution < -0.4 is 0 Å². The van der Waals surface area contributed by atoms with Crippen LogP contribution in [0.2, 0.25) is 0 Å². The molecule has 0 atom stereocenters. The summed E-state index contributed by atoms with van der Waals surface area (Å²) in [5.74, 6) is 1.93. The first-order valence-electron chi connectivity index (χ1n) is 17.6. The predicted octanol–water partition coefficient (Wildman–Crippen LogP) is 12.8. The summed E-state index contributed by atoms with van der Waals surface area (Å²) in [6.07, 6.45) is 0. The second-order valence-corrected chi connectivity index (χ2v) is 13.3. The first-order chi connectivity index (χ1) is 25.7. The topological polar surface area (TPSA) is 38.7 Å². The van der Waals surface area contributed by atoms with Crippen LogP contribution in [0.15, 0.2) is 188 Å². The van der Waals surface area contributed by atoms with Gasteiger partial charge in [0.15, 0.2) is 17.5 Å². The van der Waals surface area contributed by atoms with Gasteiger partial charge in [0.25, 0.3) is 0 Å². The number of hydrogen-bond acceptors (Lipinski definition) is 3. The summed E-state index contributed by atoms with van der Waals surface area (Å²) in [5, 5.41) is 9.75. The fourth-order valence-electron chi connectivity index (χ4n) is 7.48. The second-order valence-electron chi connectivity index (χ2n) is 13.3. The molecule has 0 spiro atoms. The van der Waals surface area contributed by atoms with Crippen molar-refractivity contribution in [3.05, 3.63) is 188 Å². The third-order valence-corrected chi connectivity index (χ3v) is 10.1. The quantitative estimate of drug-likeness (QED) is 0.172. The molecular formula is C49H31N3. The van der Waals surface area contributed by atoms with E-state index in [9.17, 15) is 0 Å². The second kappa shape index (κ2) is 12.4. The monoisotopic (exact) mass is 661 g/mol. The van der Waals surface area contributed by atoms with E-state index in [0.717, 1.165) is 27.6 Å². The van der Waals surface area contributed by atoms with Crippen molar-refractivity contribution >= 4 is 43.1 Å². The minimum absolute atomic E-state index is 0.639. The normalized spacial score (nSPS) is 11.5. The number of nitrogens with zero attached hydrogens (tertiary/aromatic N) is 3. The Morgan fingerprint density at radius 3 is 1.52 bits per heavy atom. The van der Waals surface area contributed by atoms with Crippen LogP contribution in [-0.4, -0.2) is 15.0 Å². The van der Waals surface area contributed by atoms with Gasteiger partial charge in [-0.2, -0.15) is 0 Å². The highest BCUT2D eigenvalue weighted by Gasteiger charge is 2.16. The van der Waals surface area contributed by atoms with E-state index in [2.05, 4.69) is 164 Å². The Kier molecular flexibility index (Phi) is 7.14. The van der Waals surface area contributed by atoms with Gasteiger partial charge in [0.2, 0.25) is 0 Å². The molecule has 52 heavy (non-hydrogen) atoms. The minimum atomic E-state index is 0.639. The molecule has 0 unspecified atom stereocenters. The maximum atomic E-state index is 5.15. The Balaban J connectivity index is 1.14. The average Bonchev–Trinajstić information content (AvgIpc) is 3.23. The summed E-state index contributed by atoms with van der Waals surface area (Å²) in [7, 11) is 0. The summed E-state index contributed by atoms with van der Waals surface area (Å²) in [5.41, 5.74) is 7.54. The van der Waals surface area contributed by atoms with Gasteiger partial charge in [-0.1, -0.05) is 164 Å². The van der Waals surface area contributed by atoms with Gasteiger partial charge in [-0.3, -0.25) is 0 Å². The molecule has 0 bridgehead atoms. The zero-order chi connectivity index (χ0) is 34.4. The van der Waals surface area contributed by atoms with Crippen molar-refractivity contribution in [2.24, 2.45) is 0 Å². The SMILES string of the molecule is c1ccc(-c2ccc3cc(-c4nc(-c5ccccc5)nc(-c5cccc(-c6cc7ccccc7c7ccc8ccccc8c67)c5)n4)ccc3c2)cc1. The summed E-state index contributed by atoms with van der Waals surface area (Å²) in [4.78, 5) is 15.3. The van der Waals surface area contributed by atoms with Crippen LogP contribution in [0.1, 0.15) is 0 Å². The molecule has 242 valence electrons. The molecule has 0 saturated heterocycles. The summed E-state index contributed by atoms with van der Waals surface area (Å²) in [6, 6.07) is 66.5. The lowest BCUT2D eigenvalue weighted by molar-refractivity contribution is 1.07. The summed E-state index contributed by atoms with van der Waals surface area (Å²) < 4.78 is 0. The number of aromatic nitrogens is 3. The molecule has 0 radical (unpaired) electrons. The van der Waals surface area contributed by atoms with Gasteiger partial charge in [0, 0.05) is 16.7 Å². The lowest BCUT2D eigenvalue weighted by Crippen LogP contribution is -2.00. The van der Waals surface area contributed by atoms with Crippen LogP contribution in [-0.2, 0) is 0 Å². The zero-order valence-corrected chi connectivity index (χ0v) is 28.2. The highest BCUT2D eigenvalue weighted by Crippen LogP contribution is 2.40. The van der Waals surface area contributed by atoms with E-state index in [-0.39, 0.29) is 0 Å². The van der Waals surface area contributed by atoms with E-state index >= 15 is 0 Å². The molecule has 0 fully saturated rings. The number of hydrogen-bond donors (Lipinski definition) is 0. The number of rotatable bonds is 5. The molecule has 9 aromatic carbocycles. The Bertz CT molecular complexity index is 2950. The van der Waals surface area contributed by atoms with Crippen LogP contribution in [0, 0.1) is 0 Å². The molecule has 10 aromatic rings. The van der Waals surface area contributed by atoms with E-state index in [1.165, 1.54) is 54.4 Å². The molecule has 3 heteroatoms. The Hall–Kier alpha value is -6.97. The smallest absolute Gasteiger partial charge is 0.164 e. The lowest BCUT2D eigenvalue weighted by Gasteiger charge is -2.15. The van der Waals surface area contributed by atoms with E-state index in [4.69, 9.17) is 15.0 Å². The fourth-order valence-corrected chi connectivity index (χ4v) is 7.48. The van der Waals surface area contributed by atoms with Gasteiger partial charge in [-0.05, 0) is 89.6 Å². The van der Waals surface area contributed by atoms with Gasteiger partial charge in [-0.25, -0.2) is 15.0 Å². The van der Waals surface area contributed by atoms with Crippen molar-refractivity contribution in [3.63, 3.8) is 0 Å². The van der Waals surface area contributed by atoms with Crippen molar-refractivity contribution in [1.29, 1.82) is 0 Å². The van der Waals surface area contributed by atoms with Gasteiger partial charge in [0.05, 0.1) is 0 Å². The fraction of sp³-hybridized carbons (Fsp3) is 0. The molecule has 0 N–H and O–H groups in total. The molecular weight excluding hydrogens is 631 g/mol. The van der Waals surface area contributed by atoms with Gasteiger partial charge >= 0.3 is 0 Å². The van der Waals surface area contributed by atoms with Crippen LogP contribution in [0.5, 0.6) is 0 Å². The van der Waals surface area contributed by atoms with Crippen molar-refractivity contribution in [2.45, 2.75) is 0 Å². The first-order valence-corrected chi connectivity index (χ1v) is 17.6. The molecule has 3 nitrogen and oxygen atoms in total. The van der Waals surface area contributed by atoms with Crippen LogP contribution in [0.25, 0.3) is 99.5 Å². The van der Waals surface area contributed by atoms with Crippen molar-refractivity contribution in [3.8, 4) is 56.4 Å². The van der Waals surface area contributed by atoms with Crippen molar-refractivity contribution in [1.82, 2.24) is 15.0 Å².